The van der Waals surface area contributed by atoms with E-state index in [-0.39, 0.29) is 10.6 Å². The van der Waals surface area contributed by atoms with Gasteiger partial charge in [0.1, 0.15) is 23.9 Å². The fraction of sp³-hybridized carbons (Fsp3) is 0.227. The number of hydrogen-bond acceptors (Lipinski definition) is 6. The van der Waals surface area contributed by atoms with Crippen LogP contribution in [0.15, 0.2) is 45.8 Å². The Labute approximate surface area is 197 Å². The van der Waals surface area contributed by atoms with E-state index in [4.69, 9.17) is 9.47 Å². The topological polar surface area (TPSA) is 84.9 Å². The molecule has 0 radical (unpaired) electrons. The van der Waals surface area contributed by atoms with Gasteiger partial charge in [-0.05, 0) is 71.9 Å². The van der Waals surface area contributed by atoms with E-state index in [9.17, 15) is 18.8 Å². The third kappa shape index (κ3) is 5.68. The molecule has 1 fully saturated rings. The molecular formula is C22H20BrFN2O5S. The summed E-state index contributed by atoms with van der Waals surface area (Å²) in [5.74, 6) is -0.631. The minimum absolute atomic E-state index is 0.158. The summed E-state index contributed by atoms with van der Waals surface area (Å²) in [6, 6.07) is 8.78. The van der Waals surface area contributed by atoms with Gasteiger partial charge in [-0.1, -0.05) is 6.07 Å². The Bertz CT molecular complexity index is 1090. The van der Waals surface area contributed by atoms with E-state index in [1.165, 1.54) is 18.2 Å². The number of hydrogen-bond donors (Lipinski definition) is 1. The normalized spacial score (nSPS) is 14.8. The molecule has 0 saturated carbocycles. The van der Waals surface area contributed by atoms with Gasteiger partial charge >= 0.3 is 0 Å². The number of rotatable bonds is 8. The number of carbonyl (C=O) groups is 3. The van der Waals surface area contributed by atoms with Crippen molar-refractivity contribution < 1.29 is 28.2 Å². The van der Waals surface area contributed by atoms with Crippen molar-refractivity contribution in [2.24, 2.45) is 0 Å². The molecule has 0 aliphatic carbocycles. The molecule has 1 N–H and O–H groups in total. The first-order valence-corrected chi connectivity index (χ1v) is 11.3. The molecule has 2 aromatic carbocycles. The van der Waals surface area contributed by atoms with E-state index < -0.39 is 29.4 Å². The molecule has 0 aromatic heterocycles. The van der Waals surface area contributed by atoms with Crippen molar-refractivity contribution in [3.05, 3.63) is 57.2 Å². The highest BCUT2D eigenvalue weighted by Gasteiger charge is 2.36. The van der Waals surface area contributed by atoms with Crippen LogP contribution in [0.2, 0.25) is 0 Å². The van der Waals surface area contributed by atoms with Crippen LogP contribution in [-0.4, -0.2) is 41.7 Å². The Kier molecular flexibility index (Phi) is 7.92. The molecule has 32 heavy (non-hydrogen) atoms. The van der Waals surface area contributed by atoms with Gasteiger partial charge < -0.3 is 14.8 Å². The van der Waals surface area contributed by atoms with Gasteiger partial charge in [-0.15, -0.1) is 0 Å². The van der Waals surface area contributed by atoms with E-state index in [2.05, 4.69) is 21.2 Å². The van der Waals surface area contributed by atoms with Crippen LogP contribution in [0.4, 0.5) is 14.9 Å². The Morgan fingerprint density at radius 3 is 2.56 bits per heavy atom. The molecule has 1 aliphatic rings. The van der Waals surface area contributed by atoms with Crippen molar-refractivity contribution in [1.29, 1.82) is 0 Å². The first-order chi connectivity index (χ1) is 15.3. The molecule has 0 spiro atoms. The molecule has 3 rings (SSSR count). The number of amides is 3. The smallest absolute Gasteiger partial charge is 0.294 e. The quantitative estimate of drug-likeness (QED) is 0.487. The van der Waals surface area contributed by atoms with E-state index in [0.717, 1.165) is 22.7 Å². The highest BCUT2D eigenvalue weighted by atomic mass is 79.9. The van der Waals surface area contributed by atoms with Crippen LogP contribution in [-0.2, 0) is 9.59 Å². The fourth-order valence-electron chi connectivity index (χ4n) is 2.90. The lowest BCUT2D eigenvalue weighted by Gasteiger charge is -2.13. The first kappa shape index (κ1) is 23.8. The molecular weight excluding hydrogens is 503 g/mol. The summed E-state index contributed by atoms with van der Waals surface area (Å²) in [5, 5.41) is 1.90. The maximum Gasteiger partial charge on any atom is 0.294 e. The average molecular weight is 523 g/mol. The third-order valence-corrected chi connectivity index (χ3v) is 5.76. The number of halogens is 2. The lowest BCUT2D eigenvalue weighted by Crippen LogP contribution is -2.36. The molecule has 7 nitrogen and oxygen atoms in total. The van der Waals surface area contributed by atoms with Gasteiger partial charge in [0.25, 0.3) is 11.1 Å². The second kappa shape index (κ2) is 10.6. The van der Waals surface area contributed by atoms with Crippen molar-refractivity contribution in [3.63, 3.8) is 0 Å². The minimum Gasteiger partial charge on any atom is -0.493 e. The molecule has 2 aromatic rings. The van der Waals surface area contributed by atoms with Gasteiger partial charge in [0.15, 0.2) is 0 Å². The second-order valence-corrected chi connectivity index (χ2v) is 8.36. The number of nitrogens with zero attached hydrogens (tertiary/aromatic N) is 1. The van der Waals surface area contributed by atoms with E-state index in [1.54, 1.807) is 18.2 Å². The van der Waals surface area contributed by atoms with Crippen LogP contribution < -0.4 is 14.8 Å². The van der Waals surface area contributed by atoms with Crippen LogP contribution in [0.3, 0.4) is 0 Å². The van der Waals surface area contributed by atoms with Crippen LogP contribution in [0.5, 0.6) is 11.5 Å². The van der Waals surface area contributed by atoms with Crippen molar-refractivity contribution in [2.75, 3.05) is 25.1 Å². The maximum atomic E-state index is 13.3. The summed E-state index contributed by atoms with van der Waals surface area (Å²) >= 11 is 4.16. The number of carbonyl (C=O) groups excluding carboxylic acids is 3. The van der Waals surface area contributed by atoms with E-state index in [1.807, 2.05) is 13.8 Å². The molecule has 1 saturated heterocycles. The zero-order valence-electron chi connectivity index (χ0n) is 17.3. The number of imide groups is 1. The van der Waals surface area contributed by atoms with Crippen LogP contribution in [0.1, 0.15) is 19.4 Å². The summed E-state index contributed by atoms with van der Waals surface area (Å²) in [5.41, 5.74) is 0.815. The van der Waals surface area contributed by atoms with Gasteiger partial charge in [-0.3, -0.25) is 19.3 Å². The third-order valence-electron chi connectivity index (χ3n) is 4.23. The Balaban J connectivity index is 1.79. The van der Waals surface area contributed by atoms with Crippen molar-refractivity contribution >= 4 is 56.5 Å². The SMILES string of the molecule is CCOc1cc(OCC)c(/C=C2/SC(=O)N(CC(=O)Nc3cccc(F)c3)C2=O)cc1Br. The predicted molar refractivity (Wildman–Crippen MR) is 124 cm³/mol. The average Bonchev–Trinajstić information content (AvgIpc) is 2.99. The summed E-state index contributed by atoms with van der Waals surface area (Å²) in [6.45, 7) is 4.08. The van der Waals surface area contributed by atoms with Gasteiger partial charge in [-0.2, -0.15) is 0 Å². The Morgan fingerprint density at radius 1 is 1.16 bits per heavy atom. The number of anilines is 1. The molecule has 168 valence electrons. The Morgan fingerprint density at radius 2 is 1.88 bits per heavy atom. The van der Waals surface area contributed by atoms with Crippen molar-refractivity contribution in [3.8, 4) is 11.5 Å². The summed E-state index contributed by atoms with van der Waals surface area (Å²) in [6.07, 6.45) is 1.54. The lowest BCUT2D eigenvalue weighted by atomic mass is 10.1. The van der Waals surface area contributed by atoms with E-state index in [0.29, 0.717) is 34.7 Å². The Hall–Kier alpha value is -2.85. The van der Waals surface area contributed by atoms with Crippen LogP contribution in [0.25, 0.3) is 6.08 Å². The number of benzene rings is 2. The lowest BCUT2D eigenvalue weighted by molar-refractivity contribution is -0.127. The molecule has 0 unspecified atom stereocenters. The summed E-state index contributed by atoms with van der Waals surface area (Å²) in [7, 11) is 0. The molecule has 1 aliphatic heterocycles. The summed E-state index contributed by atoms with van der Waals surface area (Å²) < 4.78 is 25.2. The monoisotopic (exact) mass is 522 g/mol. The van der Waals surface area contributed by atoms with Crippen LogP contribution >= 0.6 is 27.7 Å². The zero-order valence-corrected chi connectivity index (χ0v) is 19.7. The summed E-state index contributed by atoms with van der Waals surface area (Å²) in [4.78, 5) is 38.4. The predicted octanol–water partition coefficient (Wildman–Crippen LogP) is 5.06. The molecule has 0 atom stereocenters. The van der Waals surface area contributed by atoms with Gasteiger partial charge in [0.05, 0.1) is 22.6 Å². The number of ether oxygens (including phenoxy) is 2. The molecule has 3 amide bonds. The number of thioether (sulfide) groups is 1. The second-order valence-electron chi connectivity index (χ2n) is 6.51. The highest BCUT2D eigenvalue weighted by Crippen LogP contribution is 2.38. The van der Waals surface area contributed by atoms with Gasteiger partial charge in [-0.25, -0.2) is 4.39 Å². The zero-order chi connectivity index (χ0) is 23.3. The fourth-order valence-corrected chi connectivity index (χ4v) is 4.20. The van der Waals surface area contributed by atoms with Crippen molar-refractivity contribution in [2.45, 2.75) is 13.8 Å². The van der Waals surface area contributed by atoms with Crippen LogP contribution in [0, 0.1) is 5.82 Å². The largest absolute Gasteiger partial charge is 0.493 e. The van der Waals surface area contributed by atoms with Gasteiger partial charge in [0, 0.05) is 17.3 Å². The molecule has 0 bridgehead atoms. The number of nitrogens with one attached hydrogen (secondary N) is 1. The van der Waals surface area contributed by atoms with Crippen molar-refractivity contribution in [1.82, 2.24) is 4.90 Å². The maximum absolute atomic E-state index is 13.3. The first-order valence-electron chi connectivity index (χ1n) is 9.72. The molecule has 1 heterocycles. The van der Waals surface area contributed by atoms with E-state index >= 15 is 0 Å². The minimum atomic E-state index is -0.613. The van der Waals surface area contributed by atoms with Gasteiger partial charge in [0.2, 0.25) is 5.91 Å². The molecule has 10 heteroatoms. The highest BCUT2D eigenvalue weighted by molar-refractivity contribution is 9.10. The standard InChI is InChI=1S/C22H20BrFN2O5S/c1-3-30-17-11-18(31-4-2)16(23)8-13(17)9-19-21(28)26(22(29)32-19)12-20(27)25-15-7-5-6-14(24)10-15/h5-11H,3-4,12H2,1-2H3,(H,25,27)/b19-9+.